The van der Waals surface area contributed by atoms with Gasteiger partial charge >= 0.3 is 13.3 Å². The van der Waals surface area contributed by atoms with Crippen molar-refractivity contribution in [1.29, 1.82) is 0 Å². The monoisotopic (exact) mass is 392 g/mol. The number of hydrogen-bond donors (Lipinski definition) is 4. The number of amides is 1. The fourth-order valence-corrected chi connectivity index (χ4v) is 2.58. The third kappa shape index (κ3) is 4.26. The van der Waals surface area contributed by atoms with Crippen molar-refractivity contribution < 1.29 is 27.6 Å². The molecule has 0 spiro atoms. The first-order valence-electron chi connectivity index (χ1n) is 8.16. The number of rotatable bonds is 4. The molecule has 28 heavy (non-hydrogen) atoms. The third-order valence-corrected chi connectivity index (χ3v) is 4.07. The molecule has 0 bridgehead atoms. The Morgan fingerprint density at radius 2 is 2.04 bits per heavy atom. The normalized spacial score (nSPS) is 14.4. The Balaban J connectivity index is 1.73. The van der Waals surface area contributed by atoms with E-state index in [4.69, 9.17) is 10.4 Å². The van der Waals surface area contributed by atoms with Crippen LogP contribution in [0.5, 0.6) is 0 Å². The van der Waals surface area contributed by atoms with Crippen molar-refractivity contribution in [3.63, 3.8) is 0 Å². The fourth-order valence-electron chi connectivity index (χ4n) is 2.58. The average Bonchev–Trinajstić information content (AvgIpc) is 3.01. The number of pyridine rings is 1. The third-order valence-electron chi connectivity index (χ3n) is 4.07. The van der Waals surface area contributed by atoms with E-state index < -0.39 is 24.9 Å². The van der Waals surface area contributed by atoms with Crippen molar-refractivity contribution in [3.8, 4) is 0 Å². The highest BCUT2D eigenvalue weighted by atomic mass is 19.4. The Labute approximate surface area is 158 Å². The van der Waals surface area contributed by atoms with E-state index >= 15 is 0 Å². The van der Waals surface area contributed by atoms with Crippen molar-refractivity contribution in [2.45, 2.75) is 19.7 Å². The number of anilines is 2. The van der Waals surface area contributed by atoms with Gasteiger partial charge in [0.05, 0.1) is 6.61 Å². The molecule has 1 aliphatic rings. The number of aromatic nitrogens is 1. The van der Waals surface area contributed by atoms with Gasteiger partial charge in [-0.2, -0.15) is 13.2 Å². The van der Waals surface area contributed by atoms with E-state index in [1.54, 1.807) is 18.2 Å². The lowest BCUT2D eigenvalue weighted by Crippen LogP contribution is -2.29. The van der Waals surface area contributed by atoms with Crippen molar-refractivity contribution in [3.05, 3.63) is 59.0 Å². The molecule has 2 heterocycles. The second-order valence-electron chi connectivity index (χ2n) is 6.10. The first-order chi connectivity index (χ1) is 13.1. The summed E-state index contributed by atoms with van der Waals surface area (Å²) in [4.78, 5) is 15.8. The highest BCUT2D eigenvalue weighted by Crippen LogP contribution is 2.28. The van der Waals surface area contributed by atoms with Crippen LogP contribution >= 0.6 is 0 Å². The maximum Gasteiger partial charge on any atom is 0.491 e. The zero-order chi connectivity index (χ0) is 20.5. The van der Waals surface area contributed by atoms with Crippen LogP contribution in [-0.2, 0) is 22.2 Å². The van der Waals surface area contributed by atoms with Crippen LogP contribution < -0.4 is 21.8 Å². The number of nitrogens with zero attached hydrogens (tertiary/aromatic N) is 1. The number of carbonyl (C=O) groups excluding carboxylic acids is 1. The van der Waals surface area contributed by atoms with Crippen molar-refractivity contribution in [1.82, 2.24) is 4.98 Å². The first-order valence-corrected chi connectivity index (χ1v) is 8.16. The van der Waals surface area contributed by atoms with Crippen molar-refractivity contribution >= 4 is 30.0 Å². The minimum absolute atomic E-state index is 0.0964. The van der Waals surface area contributed by atoms with Gasteiger partial charge in [0.1, 0.15) is 17.2 Å². The number of nitrogens with one attached hydrogen (secondary N) is 2. The molecule has 0 saturated carbocycles. The predicted molar refractivity (Wildman–Crippen MR) is 97.2 cm³/mol. The molecule has 1 aromatic heterocycles. The molecule has 0 unspecified atom stereocenters. The van der Waals surface area contributed by atoms with Crippen LogP contribution in [0.3, 0.4) is 0 Å². The molecule has 0 aliphatic carbocycles. The summed E-state index contributed by atoms with van der Waals surface area (Å²) in [6.07, 6.45) is -4.58. The maximum atomic E-state index is 12.7. The fraction of sp³-hybridized carbons (Fsp3) is 0.176. The summed E-state index contributed by atoms with van der Waals surface area (Å²) < 4.78 is 43.3. The Bertz CT molecular complexity index is 949. The molecule has 7 nitrogen and oxygen atoms in total. The summed E-state index contributed by atoms with van der Waals surface area (Å²) in [5.74, 6) is -0.758. The quantitative estimate of drug-likeness (QED) is 0.465. The van der Waals surface area contributed by atoms with Gasteiger partial charge in [0.2, 0.25) is 0 Å². The Hall–Kier alpha value is -3.05. The topological polar surface area (TPSA) is 110 Å². The lowest BCUT2D eigenvalue weighted by Gasteiger charge is -2.13. The molecule has 0 radical (unpaired) electrons. The summed E-state index contributed by atoms with van der Waals surface area (Å²) in [5, 5.41) is 14.9. The van der Waals surface area contributed by atoms with Crippen molar-refractivity contribution in [2.24, 2.45) is 5.73 Å². The first kappa shape index (κ1) is 19.7. The average molecular weight is 392 g/mol. The molecule has 0 saturated heterocycles. The molecule has 11 heteroatoms. The molecular formula is C17H16BF3N4O3. The second kappa shape index (κ2) is 7.53. The number of benzene rings is 1. The van der Waals surface area contributed by atoms with Crippen LogP contribution in [0.25, 0.3) is 0 Å². The molecule has 0 fully saturated rings. The van der Waals surface area contributed by atoms with Gasteiger partial charge in [-0.25, -0.2) is 4.98 Å². The van der Waals surface area contributed by atoms with E-state index in [9.17, 15) is 23.0 Å². The van der Waals surface area contributed by atoms with Gasteiger partial charge in [0.25, 0.3) is 5.91 Å². The Kier molecular flexibility index (Phi) is 5.30. The van der Waals surface area contributed by atoms with Crippen LogP contribution in [0, 0.1) is 0 Å². The highest BCUT2D eigenvalue weighted by molar-refractivity contribution is 6.61. The number of alkyl halides is 3. The smallest absolute Gasteiger partial charge is 0.423 e. The van der Waals surface area contributed by atoms with Gasteiger partial charge in [-0.3, -0.25) is 4.79 Å². The van der Waals surface area contributed by atoms with Crippen LogP contribution in [-0.4, -0.2) is 23.0 Å². The molecule has 1 aliphatic heterocycles. The van der Waals surface area contributed by atoms with E-state index in [1.165, 1.54) is 19.1 Å². The second-order valence-corrected chi connectivity index (χ2v) is 6.10. The number of hydrogen-bond acceptors (Lipinski definition) is 6. The SMILES string of the molecule is C/C(Nc1cccc(C(F)(F)F)n1)=C(/N)C(=O)Nc1ccc2c(c1)B(O)OC2. The summed E-state index contributed by atoms with van der Waals surface area (Å²) in [5.41, 5.74) is 6.39. The molecular weight excluding hydrogens is 376 g/mol. The summed E-state index contributed by atoms with van der Waals surface area (Å²) in [7, 11) is -1.06. The zero-order valence-corrected chi connectivity index (χ0v) is 14.7. The van der Waals surface area contributed by atoms with Crippen LogP contribution in [0.2, 0.25) is 0 Å². The Morgan fingerprint density at radius 1 is 1.29 bits per heavy atom. The van der Waals surface area contributed by atoms with Gasteiger partial charge < -0.3 is 26.0 Å². The molecule has 5 N–H and O–H groups in total. The van der Waals surface area contributed by atoms with Gasteiger partial charge in [-0.1, -0.05) is 12.1 Å². The maximum absolute atomic E-state index is 12.7. The molecule has 3 rings (SSSR count). The summed E-state index contributed by atoms with van der Waals surface area (Å²) in [6.45, 7) is 1.72. The molecule has 1 aromatic carbocycles. The summed E-state index contributed by atoms with van der Waals surface area (Å²) in [6, 6.07) is 8.26. The van der Waals surface area contributed by atoms with Gasteiger partial charge in [0.15, 0.2) is 0 Å². The van der Waals surface area contributed by atoms with Gasteiger partial charge in [-0.05, 0) is 42.2 Å². The van der Waals surface area contributed by atoms with Gasteiger partial charge in [0, 0.05) is 11.4 Å². The largest absolute Gasteiger partial charge is 0.491 e. The number of allylic oxidation sites excluding steroid dienone is 1. The van der Waals surface area contributed by atoms with Gasteiger partial charge in [-0.15, -0.1) is 0 Å². The van der Waals surface area contributed by atoms with E-state index in [-0.39, 0.29) is 23.8 Å². The minimum Gasteiger partial charge on any atom is -0.423 e. The molecule has 0 atom stereocenters. The summed E-state index contributed by atoms with van der Waals surface area (Å²) >= 11 is 0. The van der Waals surface area contributed by atoms with E-state index in [0.717, 1.165) is 11.6 Å². The predicted octanol–water partition coefficient (Wildman–Crippen LogP) is 1.56. The van der Waals surface area contributed by atoms with Crippen LogP contribution in [0.15, 0.2) is 47.8 Å². The van der Waals surface area contributed by atoms with Crippen LogP contribution in [0.4, 0.5) is 24.7 Å². The number of halogens is 3. The van der Waals surface area contributed by atoms with E-state index in [2.05, 4.69) is 15.6 Å². The number of fused-ring (bicyclic) bond motifs is 1. The lowest BCUT2D eigenvalue weighted by molar-refractivity contribution is -0.141. The van der Waals surface area contributed by atoms with Crippen molar-refractivity contribution in [2.75, 3.05) is 10.6 Å². The van der Waals surface area contributed by atoms with Crippen LogP contribution in [0.1, 0.15) is 18.2 Å². The van der Waals surface area contributed by atoms with E-state index in [1.807, 2.05) is 0 Å². The highest BCUT2D eigenvalue weighted by Gasteiger charge is 2.32. The minimum atomic E-state index is -4.58. The standard InChI is InChI=1S/C17H16BF3N4O3/c1-9(23-14-4-2-3-13(25-14)17(19,20)21)15(22)16(26)24-11-6-5-10-8-28-18(27)12(10)7-11/h2-7,27H,8,22H2,1H3,(H,23,25)(H,24,26)/b15-9-. The number of nitrogens with two attached hydrogens (primary N) is 1. The number of carbonyl (C=O) groups is 1. The zero-order valence-electron chi connectivity index (χ0n) is 14.7. The molecule has 146 valence electrons. The molecule has 1 amide bonds. The lowest BCUT2D eigenvalue weighted by atomic mass is 9.79. The Morgan fingerprint density at radius 3 is 2.75 bits per heavy atom. The molecule has 2 aromatic rings. The van der Waals surface area contributed by atoms with E-state index in [0.29, 0.717) is 11.2 Å².